The van der Waals surface area contributed by atoms with Gasteiger partial charge in [0.1, 0.15) is 6.04 Å². The van der Waals surface area contributed by atoms with E-state index in [0.717, 1.165) is 34.4 Å². The van der Waals surface area contributed by atoms with Crippen LogP contribution in [0.3, 0.4) is 0 Å². The molecule has 4 rings (SSSR count). The number of nitrogens with zero attached hydrogens (tertiary/aromatic N) is 1. The van der Waals surface area contributed by atoms with Crippen LogP contribution in [0.2, 0.25) is 0 Å². The van der Waals surface area contributed by atoms with Crippen molar-refractivity contribution in [2.24, 2.45) is 5.73 Å². The Hall–Kier alpha value is -3.41. The Labute approximate surface area is 168 Å². The van der Waals surface area contributed by atoms with Crippen molar-refractivity contribution in [1.29, 1.82) is 0 Å². The second-order valence-corrected chi connectivity index (χ2v) is 7.27. The van der Waals surface area contributed by atoms with Gasteiger partial charge in [-0.1, -0.05) is 48.5 Å². The van der Waals surface area contributed by atoms with Crippen LogP contribution in [0, 0.1) is 0 Å². The number of piperidine rings is 1. The number of hydrogen-bond acceptors (Lipinski definition) is 4. The number of carbonyl (C=O) groups is 3. The zero-order chi connectivity index (χ0) is 20.4. The van der Waals surface area contributed by atoms with Crippen LogP contribution in [0.5, 0.6) is 0 Å². The number of benzene rings is 3. The van der Waals surface area contributed by atoms with Crippen LogP contribution in [0.1, 0.15) is 29.6 Å². The molecule has 0 unspecified atom stereocenters. The molecule has 0 aliphatic carbocycles. The van der Waals surface area contributed by atoms with E-state index in [1.807, 2.05) is 54.6 Å². The molecule has 1 fully saturated rings. The Kier molecular flexibility index (Phi) is 5.16. The second-order valence-electron chi connectivity index (χ2n) is 7.27. The van der Waals surface area contributed by atoms with E-state index in [4.69, 9.17) is 10.5 Å². The highest BCUT2D eigenvalue weighted by atomic mass is 16.5. The summed E-state index contributed by atoms with van der Waals surface area (Å²) in [7, 11) is 0. The summed E-state index contributed by atoms with van der Waals surface area (Å²) in [6.45, 7) is 0.0291. The Morgan fingerprint density at radius 1 is 0.966 bits per heavy atom. The molecule has 3 aromatic rings. The third-order valence-electron chi connectivity index (χ3n) is 5.45. The fourth-order valence-corrected chi connectivity index (χ4v) is 4.04. The van der Waals surface area contributed by atoms with E-state index >= 15 is 0 Å². The molecule has 0 saturated carbocycles. The SMILES string of the molecule is NC(=O)[C@@H]1CCCCN1C(=O)COC(=O)c1c2ccccc2cc2ccccc12. The molecule has 1 aliphatic heterocycles. The van der Waals surface area contributed by atoms with Gasteiger partial charge in [-0.05, 0) is 46.9 Å². The molecule has 2 amide bonds. The van der Waals surface area contributed by atoms with E-state index in [0.29, 0.717) is 18.5 Å². The normalized spacial score (nSPS) is 16.7. The molecule has 0 spiro atoms. The summed E-state index contributed by atoms with van der Waals surface area (Å²) in [6, 6.07) is 16.6. The van der Waals surface area contributed by atoms with Crippen molar-refractivity contribution in [3.05, 3.63) is 60.2 Å². The highest BCUT2D eigenvalue weighted by Crippen LogP contribution is 2.29. The highest BCUT2D eigenvalue weighted by molar-refractivity contribution is 6.16. The number of likely N-dealkylation sites (tertiary alicyclic amines) is 1. The lowest BCUT2D eigenvalue weighted by atomic mass is 9.97. The third kappa shape index (κ3) is 3.66. The Morgan fingerprint density at radius 3 is 2.21 bits per heavy atom. The van der Waals surface area contributed by atoms with Gasteiger partial charge in [-0.3, -0.25) is 9.59 Å². The first-order valence-electron chi connectivity index (χ1n) is 9.72. The van der Waals surface area contributed by atoms with Gasteiger partial charge in [0.05, 0.1) is 5.56 Å². The average molecular weight is 390 g/mol. The van der Waals surface area contributed by atoms with Crippen molar-refractivity contribution < 1.29 is 19.1 Å². The summed E-state index contributed by atoms with van der Waals surface area (Å²) in [6.07, 6.45) is 2.19. The Morgan fingerprint density at radius 2 is 1.59 bits per heavy atom. The Balaban J connectivity index is 1.60. The molecule has 148 valence electrons. The van der Waals surface area contributed by atoms with Gasteiger partial charge in [0, 0.05) is 6.54 Å². The Bertz CT molecular complexity index is 1050. The van der Waals surface area contributed by atoms with E-state index in [1.165, 1.54) is 4.90 Å². The summed E-state index contributed by atoms with van der Waals surface area (Å²) >= 11 is 0. The van der Waals surface area contributed by atoms with E-state index in [2.05, 4.69) is 0 Å². The van der Waals surface area contributed by atoms with Gasteiger partial charge in [0.25, 0.3) is 5.91 Å². The van der Waals surface area contributed by atoms with Crippen molar-refractivity contribution in [2.45, 2.75) is 25.3 Å². The molecule has 1 heterocycles. The van der Waals surface area contributed by atoms with Crippen molar-refractivity contribution in [1.82, 2.24) is 4.90 Å². The van der Waals surface area contributed by atoms with Crippen LogP contribution < -0.4 is 5.73 Å². The maximum absolute atomic E-state index is 13.0. The van der Waals surface area contributed by atoms with Gasteiger partial charge in [-0.25, -0.2) is 4.79 Å². The number of carbonyl (C=O) groups excluding carboxylic acids is 3. The smallest absolute Gasteiger partial charge is 0.339 e. The summed E-state index contributed by atoms with van der Waals surface area (Å²) in [5.41, 5.74) is 5.87. The van der Waals surface area contributed by atoms with E-state index < -0.39 is 30.4 Å². The number of primary amides is 1. The molecule has 6 heteroatoms. The van der Waals surface area contributed by atoms with Gasteiger partial charge in [0.15, 0.2) is 6.61 Å². The van der Waals surface area contributed by atoms with Crippen molar-refractivity contribution >= 4 is 39.3 Å². The molecule has 0 radical (unpaired) electrons. The van der Waals surface area contributed by atoms with Gasteiger partial charge < -0.3 is 15.4 Å². The zero-order valence-corrected chi connectivity index (χ0v) is 16.0. The van der Waals surface area contributed by atoms with Gasteiger partial charge >= 0.3 is 5.97 Å². The zero-order valence-electron chi connectivity index (χ0n) is 16.0. The second kappa shape index (κ2) is 7.91. The molecule has 6 nitrogen and oxygen atoms in total. The predicted molar refractivity (Wildman–Crippen MR) is 110 cm³/mol. The number of rotatable bonds is 4. The van der Waals surface area contributed by atoms with Gasteiger partial charge in [-0.15, -0.1) is 0 Å². The first kappa shape index (κ1) is 18.9. The lowest BCUT2D eigenvalue weighted by molar-refractivity contribution is -0.143. The number of fused-ring (bicyclic) bond motifs is 2. The van der Waals surface area contributed by atoms with Crippen LogP contribution in [0.4, 0.5) is 0 Å². The molecular weight excluding hydrogens is 368 g/mol. The quantitative estimate of drug-likeness (QED) is 0.548. The van der Waals surface area contributed by atoms with Gasteiger partial charge in [-0.2, -0.15) is 0 Å². The molecular formula is C23H22N2O4. The summed E-state index contributed by atoms with van der Waals surface area (Å²) in [4.78, 5) is 38.7. The molecule has 1 atom stereocenters. The maximum atomic E-state index is 13.0. The molecule has 3 aromatic carbocycles. The van der Waals surface area contributed by atoms with Crippen LogP contribution in [-0.4, -0.2) is 41.9 Å². The fourth-order valence-electron chi connectivity index (χ4n) is 4.04. The van der Waals surface area contributed by atoms with Crippen LogP contribution in [0.15, 0.2) is 54.6 Å². The topological polar surface area (TPSA) is 89.7 Å². The molecule has 0 aromatic heterocycles. The predicted octanol–water partition coefficient (Wildman–Crippen LogP) is 3.02. The first-order chi connectivity index (χ1) is 14.1. The maximum Gasteiger partial charge on any atom is 0.339 e. The number of hydrogen-bond donors (Lipinski definition) is 1. The molecule has 2 N–H and O–H groups in total. The van der Waals surface area contributed by atoms with E-state index in [-0.39, 0.29) is 0 Å². The van der Waals surface area contributed by atoms with Gasteiger partial charge in [0.2, 0.25) is 5.91 Å². The molecule has 1 aliphatic rings. The molecule has 29 heavy (non-hydrogen) atoms. The summed E-state index contributed by atoms with van der Waals surface area (Å²) in [5, 5.41) is 3.40. The summed E-state index contributed by atoms with van der Waals surface area (Å²) < 4.78 is 5.41. The summed E-state index contributed by atoms with van der Waals surface area (Å²) in [5.74, 6) is -1.48. The van der Waals surface area contributed by atoms with Crippen molar-refractivity contribution in [3.8, 4) is 0 Å². The molecule has 0 bridgehead atoms. The molecule has 1 saturated heterocycles. The lowest BCUT2D eigenvalue weighted by Gasteiger charge is -2.33. The van der Waals surface area contributed by atoms with Crippen LogP contribution in [0.25, 0.3) is 21.5 Å². The van der Waals surface area contributed by atoms with E-state index in [1.54, 1.807) is 0 Å². The van der Waals surface area contributed by atoms with Crippen LogP contribution in [-0.2, 0) is 14.3 Å². The fraction of sp³-hybridized carbons (Fsp3) is 0.261. The van der Waals surface area contributed by atoms with Crippen molar-refractivity contribution in [3.63, 3.8) is 0 Å². The first-order valence-corrected chi connectivity index (χ1v) is 9.72. The highest BCUT2D eigenvalue weighted by Gasteiger charge is 2.31. The minimum atomic E-state index is -0.631. The largest absolute Gasteiger partial charge is 0.452 e. The minimum Gasteiger partial charge on any atom is -0.452 e. The number of esters is 1. The number of amides is 2. The monoisotopic (exact) mass is 390 g/mol. The number of ether oxygens (including phenoxy) is 1. The standard InChI is InChI=1S/C23H22N2O4/c24-22(27)19-11-5-6-12-25(19)20(26)14-29-23(28)21-17-9-3-1-7-15(17)13-16-8-2-4-10-18(16)21/h1-4,7-10,13,19H,5-6,11-12,14H2,(H2,24,27)/t19-/m0/s1. The van der Waals surface area contributed by atoms with Crippen molar-refractivity contribution in [2.75, 3.05) is 13.2 Å². The number of nitrogens with two attached hydrogens (primary N) is 1. The minimum absolute atomic E-state index is 0.397. The van der Waals surface area contributed by atoms with E-state index in [9.17, 15) is 14.4 Å². The average Bonchev–Trinajstić information content (AvgIpc) is 2.75. The lowest BCUT2D eigenvalue weighted by Crippen LogP contribution is -2.51. The van der Waals surface area contributed by atoms with Crippen LogP contribution >= 0.6 is 0 Å². The third-order valence-corrected chi connectivity index (χ3v) is 5.45.